The van der Waals surface area contributed by atoms with Crippen LogP contribution in [0, 0.1) is 10.1 Å². The third-order valence-electron chi connectivity index (χ3n) is 4.90. The van der Waals surface area contributed by atoms with E-state index in [-0.39, 0.29) is 16.7 Å². The number of hydrogen-bond donors (Lipinski definition) is 1. The number of hydrogen-bond acceptors (Lipinski definition) is 5. The van der Waals surface area contributed by atoms with Crippen molar-refractivity contribution in [3.8, 4) is 0 Å². The Labute approximate surface area is 147 Å². The van der Waals surface area contributed by atoms with E-state index in [9.17, 15) is 18.5 Å². The zero-order valence-electron chi connectivity index (χ0n) is 14.1. The van der Waals surface area contributed by atoms with Crippen molar-refractivity contribution in [1.29, 1.82) is 0 Å². The molecule has 8 nitrogen and oxygen atoms in total. The molecule has 0 amide bonds. The third-order valence-corrected chi connectivity index (χ3v) is 6.85. The highest BCUT2D eigenvalue weighted by molar-refractivity contribution is 7.89. The number of para-hydroxylation sites is 1. The molecule has 2 aliphatic heterocycles. The van der Waals surface area contributed by atoms with Gasteiger partial charge in [-0.15, -0.1) is 0 Å². The number of ether oxygens (including phenoxy) is 1. The summed E-state index contributed by atoms with van der Waals surface area (Å²) in [6.45, 7) is 3.85. The number of benzene rings is 1. The van der Waals surface area contributed by atoms with E-state index in [4.69, 9.17) is 4.74 Å². The molecular weight excluding hydrogens is 346 g/mol. The van der Waals surface area contributed by atoms with Gasteiger partial charge < -0.3 is 9.64 Å². The lowest BCUT2D eigenvalue weighted by Crippen LogP contribution is -3.15. The predicted octanol–water partition coefficient (Wildman–Crippen LogP) is 0.0531. The van der Waals surface area contributed by atoms with Gasteiger partial charge in [0.25, 0.3) is 5.69 Å². The van der Waals surface area contributed by atoms with Gasteiger partial charge in [-0.1, -0.05) is 12.1 Å². The third kappa shape index (κ3) is 4.17. The van der Waals surface area contributed by atoms with Crippen LogP contribution in [0.15, 0.2) is 29.2 Å². The van der Waals surface area contributed by atoms with Crippen LogP contribution < -0.4 is 4.90 Å². The maximum Gasteiger partial charge on any atom is 0.289 e. The minimum atomic E-state index is -3.85. The van der Waals surface area contributed by atoms with E-state index < -0.39 is 14.9 Å². The fraction of sp³-hybridized carbons (Fsp3) is 0.625. The van der Waals surface area contributed by atoms with Crippen molar-refractivity contribution < 1.29 is 23.0 Å². The second-order valence-electron chi connectivity index (χ2n) is 6.57. The number of quaternary nitrogens is 1. The molecule has 0 aliphatic carbocycles. The zero-order valence-corrected chi connectivity index (χ0v) is 14.9. The lowest BCUT2D eigenvalue weighted by Gasteiger charge is -2.34. The summed E-state index contributed by atoms with van der Waals surface area (Å²) >= 11 is 0. The maximum atomic E-state index is 12.8. The van der Waals surface area contributed by atoms with Crippen LogP contribution in [0.25, 0.3) is 0 Å². The van der Waals surface area contributed by atoms with Gasteiger partial charge in [0.05, 0.1) is 31.1 Å². The van der Waals surface area contributed by atoms with Crippen LogP contribution in [0.4, 0.5) is 5.69 Å². The summed E-state index contributed by atoms with van der Waals surface area (Å²) in [6.07, 6.45) is 3.65. The Morgan fingerprint density at radius 1 is 1.24 bits per heavy atom. The summed E-state index contributed by atoms with van der Waals surface area (Å²) in [4.78, 5) is 11.6. The Morgan fingerprint density at radius 3 is 2.60 bits per heavy atom. The number of nitro groups is 1. The van der Waals surface area contributed by atoms with Crippen LogP contribution in [0.1, 0.15) is 19.3 Å². The molecule has 138 valence electrons. The Bertz CT molecular complexity index is 710. The molecule has 3 rings (SSSR count). The molecule has 1 aromatic carbocycles. The number of nitro benzene ring substituents is 1. The fourth-order valence-corrected chi connectivity index (χ4v) is 5.10. The molecule has 2 aliphatic rings. The summed E-state index contributed by atoms with van der Waals surface area (Å²) in [6, 6.07) is 5.53. The van der Waals surface area contributed by atoms with Crippen molar-refractivity contribution in [1.82, 2.24) is 4.31 Å². The highest BCUT2D eigenvalue weighted by atomic mass is 32.2. The van der Waals surface area contributed by atoms with Crippen molar-refractivity contribution in [3.63, 3.8) is 0 Å². The van der Waals surface area contributed by atoms with Crippen molar-refractivity contribution >= 4 is 15.7 Å². The highest BCUT2D eigenvalue weighted by Crippen LogP contribution is 2.26. The van der Waals surface area contributed by atoms with Crippen molar-refractivity contribution in [2.75, 3.05) is 39.3 Å². The van der Waals surface area contributed by atoms with E-state index in [0.29, 0.717) is 26.2 Å². The molecule has 25 heavy (non-hydrogen) atoms. The van der Waals surface area contributed by atoms with Gasteiger partial charge in [-0.05, 0) is 25.3 Å². The Kier molecular flexibility index (Phi) is 5.67. The Morgan fingerprint density at radius 2 is 1.96 bits per heavy atom. The van der Waals surface area contributed by atoms with Crippen LogP contribution in [0.5, 0.6) is 0 Å². The van der Waals surface area contributed by atoms with E-state index in [2.05, 4.69) is 0 Å². The highest BCUT2D eigenvalue weighted by Gasteiger charge is 2.35. The summed E-state index contributed by atoms with van der Waals surface area (Å²) < 4.78 is 32.7. The van der Waals surface area contributed by atoms with Gasteiger partial charge in [-0.3, -0.25) is 10.1 Å². The van der Waals surface area contributed by atoms with Crippen LogP contribution in [-0.4, -0.2) is 63.1 Å². The van der Waals surface area contributed by atoms with Gasteiger partial charge in [0.1, 0.15) is 12.6 Å². The first kappa shape index (κ1) is 18.2. The molecule has 0 aromatic heterocycles. The summed E-state index contributed by atoms with van der Waals surface area (Å²) in [5.74, 6) is 0. The lowest BCUT2D eigenvalue weighted by molar-refractivity contribution is -0.907. The summed E-state index contributed by atoms with van der Waals surface area (Å²) in [7, 11) is -3.85. The minimum Gasteiger partial charge on any atom is -0.372 e. The van der Waals surface area contributed by atoms with Crippen molar-refractivity contribution in [2.45, 2.75) is 30.3 Å². The van der Waals surface area contributed by atoms with Gasteiger partial charge in [0.2, 0.25) is 10.0 Å². The quantitative estimate of drug-likeness (QED) is 0.584. The molecule has 9 heteroatoms. The second kappa shape index (κ2) is 7.77. The smallest absolute Gasteiger partial charge is 0.289 e. The molecule has 0 unspecified atom stereocenters. The van der Waals surface area contributed by atoms with Crippen LogP contribution in [0.3, 0.4) is 0 Å². The van der Waals surface area contributed by atoms with E-state index in [1.54, 1.807) is 0 Å². The van der Waals surface area contributed by atoms with Crippen LogP contribution in [-0.2, 0) is 14.8 Å². The zero-order chi connectivity index (χ0) is 17.9. The summed E-state index contributed by atoms with van der Waals surface area (Å²) in [5, 5.41) is 11.1. The van der Waals surface area contributed by atoms with Gasteiger partial charge in [-0.25, -0.2) is 8.42 Å². The largest absolute Gasteiger partial charge is 0.372 e. The SMILES string of the molecule is O=[N+]([O-])c1ccccc1S(=O)(=O)N1CC[NH+](C[C@@H]2CCCCO2)CC1. The predicted molar refractivity (Wildman–Crippen MR) is 91.0 cm³/mol. The number of nitrogens with one attached hydrogen (secondary N) is 1. The fourth-order valence-electron chi connectivity index (χ4n) is 3.50. The lowest BCUT2D eigenvalue weighted by atomic mass is 10.1. The van der Waals surface area contributed by atoms with Crippen molar-refractivity contribution in [3.05, 3.63) is 34.4 Å². The average molecular weight is 370 g/mol. The van der Waals surface area contributed by atoms with Crippen LogP contribution in [0.2, 0.25) is 0 Å². The Hall–Kier alpha value is -1.55. The number of sulfonamides is 1. The van der Waals surface area contributed by atoms with E-state index in [0.717, 1.165) is 26.0 Å². The number of rotatable bonds is 5. The normalized spacial score (nSPS) is 23.4. The van der Waals surface area contributed by atoms with Crippen LogP contribution >= 0.6 is 0 Å². The first-order chi connectivity index (χ1) is 12.0. The number of nitrogens with zero attached hydrogens (tertiary/aromatic N) is 2. The molecule has 0 radical (unpaired) electrons. The maximum absolute atomic E-state index is 12.8. The van der Waals surface area contributed by atoms with Gasteiger partial charge >= 0.3 is 0 Å². The first-order valence-electron chi connectivity index (χ1n) is 8.67. The molecule has 1 aromatic rings. The molecular formula is C16H24N3O5S+. The monoisotopic (exact) mass is 370 g/mol. The van der Waals surface area contributed by atoms with Crippen molar-refractivity contribution in [2.24, 2.45) is 0 Å². The van der Waals surface area contributed by atoms with Gasteiger partial charge in [0.15, 0.2) is 4.90 Å². The molecule has 1 atom stereocenters. The van der Waals surface area contributed by atoms with Gasteiger partial charge in [0, 0.05) is 12.7 Å². The minimum absolute atomic E-state index is 0.223. The molecule has 1 N–H and O–H groups in total. The van der Waals surface area contributed by atoms with E-state index in [1.807, 2.05) is 0 Å². The molecule has 0 bridgehead atoms. The topological polar surface area (TPSA) is 94.2 Å². The average Bonchev–Trinajstić information content (AvgIpc) is 2.63. The molecule has 2 heterocycles. The molecule has 0 spiro atoms. The molecule has 2 fully saturated rings. The summed E-state index contributed by atoms with van der Waals surface area (Å²) in [5.41, 5.74) is -0.368. The van der Waals surface area contributed by atoms with Gasteiger partial charge in [-0.2, -0.15) is 4.31 Å². The molecule has 2 saturated heterocycles. The van der Waals surface area contributed by atoms with E-state index in [1.165, 1.54) is 39.9 Å². The Balaban J connectivity index is 1.64. The standard InChI is InChI=1S/C16H23N3O5S/c20-19(21)15-6-1-2-7-16(15)25(22,23)18-10-8-17(9-11-18)13-14-5-3-4-12-24-14/h1-2,6-7,14H,3-5,8-13H2/p+1/t14-/m0/s1. The van der Waals surface area contributed by atoms with E-state index >= 15 is 0 Å². The second-order valence-corrected chi connectivity index (χ2v) is 8.48. The number of piperazine rings is 1. The first-order valence-corrected chi connectivity index (χ1v) is 10.1. The molecule has 0 saturated carbocycles.